The van der Waals surface area contributed by atoms with E-state index in [0.717, 1.165) is 6.61 Å². The van der Waals surface area contributed by atoms with Gasteiger partial charge in [-0.25, -0.2) is 0 Å². The molecule has 0 aliphatic rings. The van der Waals surface area contributed by atoms with Crippen LogP contribution in [0.25, 0.3) is 0 Å². The minimum atomic E-state index is -0.494. The molecule has 0 aromatic heterocycles. The average molecular weight is 611 g/mol. The molecule has 0 amide bonds. The van der Waals surface area contributed by atoms with Gasteiger partial charge in [0.2, 0.25) is 0 Å². The van der Waals surface area contributed by atoms with Gasteiger partial charge >= 0.3 is 59.4 Å². The summed E-state index contributed by atoms with van der Waals surface area (Å²) in [6, 6.07) is 0. The Labute approximate surface area is 238 Å². The standard InChI is InChI=1S/3C8H14O3.C2H5O.Zr/c3*1-6(9)5-7(10)11-8(2,3)4;1-2-3;/h3*5H2,1-4H3;2H2,1H3;/q;;;-1;+1. The average Bonchev–Trinajstić information content (AvgIpc) is 2.55. The Morgan fingerprint density at radius 1 is 0.514 bits per heavy atom. The molecule has 0 saturated carbocycles. The number of ether oxygens (including phenoxy) is 3. The van der Waals surface area contributed by atoms with Gasteiger partial charge < -0.3 is 14.2 Å². The number of esters is 3. The van der Waals surface area contributed by atoms with Crippen LogP contribution in [0.1, 0.15) is 109 Å². The van der Waals surface area contributed by atoms with Gasteiger partial charge in [0.05, 0.1) is 0 Å². The van der Waals surface area contributed by atoms with Crippen LogP contribution in [0.4, 0.5) is 0 Å². The fraction of sp³-hybridized carbons (Fsp3) is 0.769. The Morgan fingerprint density at radius 3 is 0.757 bits per heavy atom. The summed E-state index contributed by atoms with van der Waals surface area (Å²) in [5.41, 5.74) is -1.48. The van der Waals surface area contributed by atoms with E-state index < -0.39 is 34.7 Å². The molecule has 0 aromatic carbocycles. The number of carbonyl (C=O) groups excluding carboxylic acids is 6. The predicted molar refractivity (Wildman–Crippen MR) is 135 cm³/mol. The summed E-state index contributed by atoms with van der Waals surface area (Å²) in [5, 5.41) is 0. The second-order valence-electron chi connectivity index (χ2n) is 10.8. The molecule has 0 unspecified atom stereocenters. The van der Waals surface area contributed by atoms with Gasteiger partial charge in [-0.2, -0.15) is 0 Å². The van der Waals surface area contributed by atoms with Crippen LogP contribution in [0.5, 0.6) is 0 Å². The van der Waals surface area contributed by atoms with E-state index in [0.29, 0.717) is 0 Å². The predicted octanol–water partition coefficient (Wildman–Crippen LogP) is 4.41. The summed E-state index contributed by atoms with van der Waals surface area (Å²) in [5.74, 6) is -1.86. The first kappa shape index (κ1) is 42.4. The summed E-state index contributed by atoms with van der Waals surface area (Å²) in [6.07, 6.45) is -0.383. The molecule has 10 nitrogen and oxygen atoms in total. The van der Waals surface area contributed by atoms with Crippen molar-refractivity contribution in [2.45, 2.75) is 126 Å². The zero-order valence-electron chi connectivity index (χ0n) is 24.9. The van der Waals surface area contributed by atoms with Gasteiger partial charge in [0.1, 0.15) is 53.4 Å². The zero-order valence-corrected chi connectivity index (χ0v) is 27.4. The molecule has 0 aromatic rings. The summed E-state index contributed by atoms with van der Waals surface area (Å²) < 4.78 is 19.3. The summed E-state index contributed by atoms with van der Waals surface area (Å²) in [7, 11) is 0. The molecule has 0 atom stereocenters. The number of carbonyl (C=O) groups is 6. The minimum absolute atomic E-state index is 0.128. The second-order valence-corrected chi connectivity index (χ2v) is 11.5. The van der Waals surface area contributed by atoms with Crippen LogP contribution < -0.4 is 0 Å². The molecule has 0 fully saturated rings. The van der Waals surface area contributed by atoms with E-state index in [9.17, 15) is 28.8 Å². The Balaban J connectivity index is -0.000000205. The van der Waals surface area contributed by atoms with Gasteiger partial charge in [-0.1, -0.05) is 0 Å². The molecule has 11 heteroatoms. The van der Waals surface area contributed by atoms with E-state index in [1.807, 2.05) is 6.92 Å². The first-order valence-electron chi connectivity index (χ1n) is 11.8. The monoisotopic (exact) mass is 609 g/mol. The van der Waals surface area contributed by atoms with E-state index in [1.165, 1.54) is 45.9 Å². The third-order valence-corrected chi connectivity index (χ3v) is 3.29. The molecule has 0 spiro atoms. The maximum atomic E-state index is 10.8. The molecule has 0 aliphatic carbocycles. The van der Waals surface area contributed by atoms with Crippen molar-refractivity contribution >= 4 is 35.3 Å². The number of Topliss-reactive ketones (excluding diaryl/α,β-unsaturated/α-hetero) is 3. The van der Waals surface area contributed by atoms with Gasteiger partial charge in [0.25, 0.3) is 0 Å². The van der Waals surface area contributed by atoms with Crippen LogP contribution in [0.2, 0.25) is 0 Å². The molecule has 0 saturated heterocycles. The van der Waals surface area contributed by atoms with Crippen molar-refractivity contribution < 1.29 is 71.0 Å². The van der Waals surface area contributed by atoms with Gasteiger partial charge in [0.15, 0.2) is 0 Å². The quantitative estimate of drug-likeness (QED) is 0.231. The third kappa shape index (κ3) is 51.7. The van der Waals surface area contributed by atoms with E-state index in [-0.39, 0.29) is 36.6 Å². The van der Waals surface area contributed by atoms with Crippen molar-refractivity contribution in [1.29, 1.82) is 0 Å². The molecular weight excluding hydrogens is 564 g/mol. The van der Waals surface area contributed by atoms with Crippen LogP contribution in [0.15, 0.2) is 0 Å². The van der Waals surface area contributed by atoms with Crippen LogP contribution in [0.3, 0.4) is 0 Å². The van der Waals surface area contributed by atoms with Crippen LogP contribution in [0, 0.1) is 0 Å². The SMILES string of the molecule is CC(=O)CC(=O)OC(C)(C)C.CC(=O)CC(=O)OC(C)(C)C.CC(=O)CC(=O)OC(C)(C)C.CC[O][Zr]. The molecule has 0 rings (SSSR count). The molecule has 37 heavy (non-hydrogen) atoms. The summed E-state index contributed by atoms with van der Waals surface area (Å²) >= 11 is 1.17. The van der Waals surface area contributed by atoms with Gasteiger partial charge in [-0.15, -0.1) is 0 Å². The van der Waals surface area contributed by atoms with E-state index in [1.54, 1.807) is 62.3 Å². The Hall–Kier alpha value is -1.74. The van der Waals surface area contributed by atoms with E-state index in [4.69, 9.17) is 14.2 Å². The van der Waals surface area contributed by atoms with Gasteiger partial charge in [0, 0.05) is 0 Å². The van der Waals surface area contributed by atoms with E-state index in [2.05, 4.69) is 2.81 Å². The molecule has 215 valence electrons. The van der Waals surface area contributed by atoms with Crippen LogP contribution >= 0.6 is 0 Å². The molecule has 0 aliphatic heterocycles. The normalized spacial score (nSPS) is 10.5. The molecule has 0 heterocycles. The molecule has 0 N–H and O–H groups in total. The molecule has 0 bridgehead atoms. The topological polar surface area (TPSA) is 139 Å². The van der Waals surface area contributed by atoms with Crippen molar-refractivity contribution in [2.24, 2.45) is 0 Å². The van der Waals surface area contributed by atoms with Gasteiger partial charge in [-0.3, -0.25) is 28.8 Å². The van der Waals surface area contributed by atoms with Crippen molar-refractivity contribution in [3.8, 4) is 0 Å². The number of ketones is 3. The molecule has 0 radical (unpaired) electrons. The van der Waals surface area contributed by atoms with Crippen molar-refractivity contribution in [3.05, 3.63) is 0 Å². The molecular formula is C26H47O10Zr. The zero-order chi connectivity index (χ0) is 30.6. The number of hydrogen-bond acceptors (Lipinski definition) is 10. The van der Waals surface area contributed by atoms with Crippen molar-refractivity contribution in [2.75, 3.05) is 6.61 Å². The Morgan fingerprint density at radius 2 is 0.676 bits per heavy atom. The fourth-order valence-corrected chi connectivity index (χ4v) is 1.74. The second kappa shape index (κ2) is 21.2. The Bertz CT molecular complexity index is 626. The van der Waals surface area contributed by atoms with Crippen molar-refractivity contribution in [3.63, 3.8) is 0 Å². The fourth-order valence-electron chi connectivity index (χ4n) is 1.74. The summed E-state index contributed by atoms with van der Waals surface area (Å²) in [6.45, 7) is 22.9. The first-order chi connectivity index (χ1) is 16.3. The van der Waals surface area contributed by atoms with E-state index >= 15 is 0 Å². The number of rotatable bonds is 7. The number of hydrogen-bond donors (Lipinski definition) is 0. The maximum absolute atomic E-state index is 10.8. The van der Waals surface area contributed by atoms with Crippen LogP contribution in [-0.2, 0) is 71.0 Å². The summed E-state index contributed by atoms with van der Waals surface area (Å²) in [4.78, 5) is 63.8. The van der Waals surface area contributed by atoms with Crippen molar-refractivity contribution in [1.82, 2.24) is 0 Å². The Kier molecular flexibility index (Phi) is 24.3. The van der Waals surface area contributed by atoms with Gasteiger partial charge in [-0.05, 0) is 83.1 Å². The van der Waals surface area contributed by atoms with Crippen LogP contribution in [-0.4, -0.2) is 58.7 Å². The third-order valence-electron chi connectivity index (χ3n) is 2.58. The first-order valence-corrected chi connectivity index (χ1v) is 12.8.